The lowest BCUT2D eigenvalue weighted by atomic mass is 10.00. The highest BCUT2D eigenvalue weighted by atomic mass is 32.1. The molecule has 0 spiro atoms. The van der Waals surface area contributed by atoms with E-state index in [0.717, 1.165) is 41.9 Å². The standard InChI is InChI=1S/C22H26N2O2S/c1-15-6-4-10-24(14-15)22(26)20(13-19-7-5-11-27-19)23-21(25)18-9-8-16(2)17(3)12-18/h5,7-9,11-13,15H,4,6,10,14H2,1-3H3,(H,23,25)/b20-13-. The molecule has 1 unspecified atom stereocenters. The van der Waals surface area contributed by atoms with Gasteiger partial charge in [-0.25, -0.2) is 0 Å². The Labute approximate surface area is 164 Å². The molecule has 1 aromatic heterocycles. The molecule has 27 heavy (non-hydrogen) atoms. The van der Waals surface area contributed by atoms with Crippen LogP contribution in [-0.2, 0) is 4.79 Å². The SMILES string of the molecule is Cc1ccc(C(=O)N/C(=C\c2cccs2)C(=O)N2CCCC(C)C2)cc1C. The molecular formula is C22H26N2O2S. The van der Waals surface area contributed by atoms with Gasteiger partial charge >= 0.3 is 0 Å². The molecule has 3 rings (SSSR count). The van der Waals surface area contributed by atoms with Crippen molar-refractivity contribution in [3.05, 3.63) is 63.0 Å². The van der Waals surface area contributed by atoms with E-state index in [1.807, 2.05) is 48.4 Å². The van der Waals surface area contributed by atoms with Crippen LogP contribution in [0.15, 0.2) is 41.4 Å². The van der Waals surface area contributed by atoms with Gasteiger partial charge in [0.05, 0.1) is 0 Å². The molecule has 1 N–H and O–H groups in total. The van der Waals surface area contributed by atoms with Crippen molar-refractivity contribution in [3.8, 4) is 0 Å². The number of hydrogen-bond donors (Lipinski definition) is 1. The van der Waals surface area contributed by atoms with Crippen LogP contribution >= 0.6 is 11.3 Å². The number of nitrogens with one attached hydrogen (secondary N) is 1. The number of aryl methyl sites for hydroxylation is 2. The number of rotatable bonds is 4. The number of carbonyl (C=O) groups excluding carboxylic acids is 2. The molecule has 1 saturated heterocycles. The second-order valence-electron chi connectivity index (χ2n) is 7.33. The topological polar surface area (TPSA) is 49.4 Å². The normalized spacial score (nSPS) is 17.7. The highest BCUT2D eigenvalue weighted by molar-refractivity contribution is 7.10. The molecule has 2 aromatic rings. The minimum Gasteiger partial charge on any atom is -0.337 e. The summed E-state index contributed by atoms with van der Waals surface area (Å²) >= 11 is 1.54. The van der Waals surface area contributed by atoms with E-state index in [2.05, 4.69) is 12.2 Å². The van der Waals surface area contributed by atoms with E-state index in [1.165, 1.54) is 0 Å². The number of amides is 2. The van der Waals surface area contributed by atoms with Gasteiger partial charge in [-0.15, -0.1) is 11.3 Å². The highest BCUT2D eigenvalue weighted by Crippen LogP contribution is 2.20. The first-order valence-electron chi connectivity index (χ1n) is 9.37. The van der Waals surface area contributed by atoms with Crippen molar-refractivity contribution < 1.29 is 9.59 Å². The number of piperidine rings is 1. The summed E-state index contributed by atoms with van der Waals surface area (Å²) in [6.45, 7) is 7.63. The van der Waals surface area contributed by atoms with E-state index in [0.29, 0.717) is 17.2 Å². The zero-order chi connectivity index (χ0) is 19.4. The molecule has 0 aliphatic carbocycles. The summed E-state index contributed by atoms with van der Waals surface area (Å²) in [5.41, 5.74) is 3.10. The number of thiophene rings is 1. The second kappa shape index (κ2) is 8.53. The van der Waals surface area contributed by atoms with E-state index in [4.69, 9.17) is 0 Å². The predicted molar refractivity (Wildman–Crippen MR) is 111 cm³/mol. The number of carbonyl (C=O) groups is 2. The van der Waals surface area contributed by atoms with Crippen LogP contribution in [0.25, 0.3) is 6.08 Å². The number of benzene rings is 1. The van der Waals surface area contributed by atoms with Gasteiger partial charge in [0, 0.05) is 23.5 Å². The van der Waals surface area contributed by atoms with Crippen molar-refractivity contribution >= 4 is 29.2 Å². The molecule has 4 nitrogen and oxygen atoms in total. The van der Waals surface area contributed by atoms with Gasteiger partial charge in [0.15, 0.2) is 0 Å². The molecule has 2 amide bonds. The second-order valence-corrected chi connectivity index (χ2v) is 8.30. The van der Waals surface area contributed by atoms with Crippen LogP contribution in [0.4, 0.5) is 0 Å². The van der Waals surface area contributed by atoms with E-state index in [1.54, 1.807) is 23.5 Å². The molecule has 1 aliphatic heterocycles. The fraction of sp³-hybridized carbons (Fsp3) is 0.364. The minimum atomic E-state index is -0.251. The van der Waals surface area contributed by atoms with E-state index >= 15 is 0 Å². The van der Waals surface area contributed by atoms with Gasteiger partial charge in [0.25, 0.3) is 11.8 Å². The average molecular weight is 383 g/mol. The van der Waals surface area contributed by atoms with Crippen LogP contribution in [0.2, 0.25) is 0 Å². The Kier molecular flexibility index (Phi) is 6.11. The molecule has 0 radical (unpaired) electrons. The molecule has 5 heteroatoms. The zero-order valence-electron chi connectivity index (χ0n) is 16.1. The van der Waals surface area contributed by atoms with Crippen molar-refractivity contribution in [1.82, 2.24) is 10.2 Å². The molecule has 1 aliphatic rings. The molecule has 1 atom stereocenters. The third-order valence-corrected chi connectivity index (χ3v) is 5.84. The van der Waals surface area contributed by atoms with Gasteiger partial charge in [-0.2, -0.15) is 0 Å². The van der Waals surface area contributed by atoms with Crippen LogP contribution in [0, 0.1) is 19.8 Å². The summed E-state index contributed by atoms with van der Waals surface area (Å²) in [4.78, 5) is 28.7. The van der Waals surface area contributed by atoms with Gasteiger partial charge in [0.1, 0.15) is 5.70 Å². The largest absolute Gasteiger partial charge is 0.337 e. The van der Waals surface area contributed by atoms with Crippen LogP contribution in [-0.4, -0.2) is 29.8 Å². The zero-order valence-corrected chi connectivity index (χ0v) is 16.9. The fourth-order valence-electron chi connectivity index (χ4n) is 3.29. The Morgan fingerprint density at radius 1 is 1.22 bits per heavy atom. The maximum atomic E-state index is 13.1. The summed E-state index contributed by atoms with van der Waals surface area (Å²) in [5, 5.41) is 4.83. The lowest BCUT2D eigenvalue weighted by Gasteiger charge is -2.31. The Hall–Kier alpha value is -2.40. The molecule has 0 bridgehead atoms. The maximum absolute atomic E-state index is 13.1. The first kappa shape index (κ1) is 19.4. The Morgan fingerprint density at radius 2 is 2.04 bits per heavy atom. The van der Waals surface area contributed by atoms with Gasteiger partial charge in [-0.3, -0.25) is 9.59 Å². The molecule has 0 saturated carbocycles. The minimum absolute atomic E-state index is 0.105. The average Bonchev–Trinajstić information content (AvgIpc) is 3.16. The molecule has 1 fully saturated rings. The Balaban J connectivity index is 1.84. The molecule has 2 heterocycles. The summed E-state index contributed by atoms with van der Waals surface area (Å²) in [7, 11) is 0. The van der Waals surface area contributed by atoms with Crippen LogP contribution in [0.5, 0.6) is 0 Å². The van der Waals surface area contributed by atoms with Gasteiger partial charge < -0.3 is 10.2 Å². The lowest BCUT2D eigenvalue weighted by Crippen LogP contribution is -2.43. The van der Waals surface area contributed by atoms with E-state index < -0.39 is 0 Å². The van der Waals surface area contributed by atoms with Gasteiger partial charge in [-0.1, -0.05) is 19.1 Å². The molecular weight excluding hydrogens is 356 g/mol. The van der Waals surface area contributed by atoms with E-state index in [9.17, 15) is 9.59 Å². The van der Waals surface area contributed by atoms with Gasteiger partial charge in [0.2, 0.25) is 0 Å². The molecule has 1 aromatic carbocycles. The van der Waals surface area contributed by atoms with Crippen molar-refractivity contribution in [3.63, 3.8) is 0 Å². The first-order valence-corrected chi connectivity index (χ1v) is 10.2. The van der Waals surface area contributed by atoms with E-state index in [-0.39, 0.29) is 11.8 Å². The number of nitrogens with zero attached hydrogens (tertiary/aromatic N) is 1. The van der Waals surface area contributed by atoms with Crippen LogP contribution in [0.3, 0.4) is 0 Å². The Morgan fingerprint density at radius 3 is 2.70 bits per heavy atom. The predicted octanol–water partition coefficient (Wildman–Crippen LogP) is 4.39. The first-order chi connectivity index (χ1) is 12.9. The van der Waals surface area contributed by atoms with Crippen molar-refractivity contribution in [1.29, 1.82) is 0 Å². The lowest BCUT2D eigenvalue weighted by molar-refractivity contribution is -0.129. The summed E-state index contributed by atoms with van der Waals surface area (Å²) in [6, 6.07) is 9.47. The van der Waals surface area contributed by atoms with Crippen LogP contribution < -0.4 is 5.32 Å². The smallest absolute Gasteiger partial charge is 0.270 e. The van der Waals surface area contributed by atoms with Gasteiger partial charge in [-0.05, 0) is 73.4 Å². The quantitative estimate of drug-likeness (QED) is 0.797. The number of likely N-dealkylation sites (tertiary alicyclic amines) is 1. The monoisotopic (exact) mass is 382 g/mol. The molecule has 142 valence electrons. The Bertz CT molecular complexity index is 855. The highest BCUT2D eigenvalue weighted by Gasteiger charge is 2.25. The maximum Gasteiger partial charge on any atom is 0.270 e. The summed E-state index contributed by atoms with van der Waals surface area (Å²) < 4.78 is 0. The van der Waals surface area contributed by atoms with Crippen molar-refractivity contribution in [2.75, 3.05) is 13.1 Å². The van der Waals surface area contributed by atoms with Crippen molar-refractivity contribution in [2.45, 2.75) is 33.6 Å². The van der Waals surface area contributed by atoms with Crippen LogP contribution in [0.1, 0.15) is 46.1 Å². The summed E-state index contributed by atoms with van der Waals surface area (Å²) in [5.74, 6) is 0.132. The summed E-state index contributed by atoms with van der Waals surface area (Å²) in [6.07, 6.45) is 3.93. The third-order valence-electron chi connectivity index (χ3n) is 5.02. The fourth-order valence-corrected chi connectivity index (χ4v) is 3.95. The number of hydrogen-bond acceptors (Lipinski definition) is 3. The van der Waals surface area contributed by atoms with Crippen molar-refractivity contribution in [2.24, 2.45) is 5.92 Å². The third kappa shape index (κ3) is 4.86.